The molecule has 2 heterocycles. The van der Waals surface area contributed by atoms with Crippen LogP contribution in [0.4, 0.5) is 0 Å². The minimum atomic E-state index is -1.25. The lowest BCUT2D eigenvalue weighted by Gasteiger charge is -1.95. The summed E-state index contributed by atoms with van der Waals surface area (Å²) in [7, 11) is 0. The van der Waals surface area contributed by atoms with Gasteiger partial charge in [0.05, 0.1) is 4.92 Å². The molecule has 68 valence electrons. The van der Waals surface area contributed by atoms with Crippen molar-refractivity contribution in [2.45, 2.75) is 18.8 Å². The predicted octanol–water partition coefficient (Wildman–Crippen LogP) is 1.15. The molecule has 5 heteroatoms. The molecule has 1 aliphatic rings. The summed E-state index contributed by atoms with van der Waals surface area (Å²) in [6.45, 7) is 1.46. The zero-order valence-corrected chi connectivity index (χ0v) is 7.01. The molecule has 13 heavy (non-hydrogen) atoms. The standard InChI is InChI=1S/C8H8N2O3/c1-8(10(11)12)7(13-8)6-3-2-4-9-5-6/h2-5,7H,1H3. The zero-order chi connectivity index (χ0) is 9.47. The summed E-state index contributed by atoms with van der Waals surface area (Å²) in [6.07, 6.45) is 2.76. The van der Waals surface area contributed by atoms with Crippen LogP contribution >= 0.6 is 0 Å². The third-order valence-corrected chi connectivity index (χ3v) is 2.14. The number of aromatic nitrogens is 1. The van der Waals surface area contributed by atoms with Gasteiger partial charge in [-0.05, 0) is 6.07 Å². The molecule has 1 aliphatic heterocycles. The fourth-order valence-electron chi connectivity index (χ4n) is 1.25. The van der Waals surface area contributed by atoms with Gasteiger partial charge in [0.25, 0.3) is 0 Å². The number of rotatable bonds is 2. The van der Waals surface area contributed by atoms with Gasteiger partial charge in [-0.3, -0.25) is 19.8 Å². The molecule has 0 saturated carbocycles. The fraction of sp³-hybridized carbons (Fsp3) is 0.375. The summed E-state index contributed by atoms with van der Waals surface area (Å²) in [5.41, 5.74) is -0.495. The first kappa shape index (κ1) is 8.12. The largest absolute Gasteiger partial charge is 0.353 e. The average Bonchev–Trinajstić information content (AvgIpc) is 2.81. The summed E-state index contributed by atoms with van der Waals surface area (Å²) in [5, 5.41) is 10.5. The number of pyridine rings is 1. The second-order valence-corrected chi connectivity index (χ2v) is 3.10. The van der Waals surface area contributed by atoms with Gasteiger partial charge in [-0.2, -0.15) is 0 Å². The monoisotopic (exact) mass is 180 g/mol. The zero-order valence-electron chi connectivity index (χ0n) is 7.01. The molecule has 5 nitrogen and oxygen atoms in total. The number of nitrogens with zero attached hydrogens (tertiary/aromatic N) is 2. The average molecular weight is 180 g/mol. The summed E-state index contributed by atoms with van der Waals surface area (Å²) in [5.74, 6) is 0. The first-order chi connectivity index (χ1) is 6.14. The van der Waals surface area contributed by atoms with Gasteiger partial charge in [-0.15, -0.1) is 0 Å². The van der Waals surface area contributed by atoms with Crippen LogP contribution in [0.5, 0.6) is 0 Å². The molecule has 2 atom stereocenters. The number of ether oxygens (including phenoxy) is 1. The summed E-state index contributed by atoms with van der Waals surface area (Å²) >= 11 is 0. The van der Waals surface area contributed by atoms with Crippen molar-refractivity contribution in [3.8, 4) is 0 Å². The smallest absolute Gasteiger partial charge is 0.294 e. The van der Waals surface area contributed by atoms with Crippen molar-refractivity contribution >= 4 is 0 Å². The van der Waals surface area contributed by atoms with Crippen LogP contribution in [0.2, 0.25) is 0 Å². The highest BCUT2D eigenvalue weighted by Crippen LogP contribution is 2.49. The van der Waals surface area contributed by atoms with Gasteiger partial charge in [0.1, 0.15) is 0 Å². The van der Waals surface area contributed by atoms with E-state index in [-0.39, 0.29) is 0 Å². The molecule has 0 spiro atoms. The van der Waals surface area contributed by atoms with Gasteiger partial charge in [0.15, 0.2) is 6.10 Å². The molecule has 0 N–H and O–H groups in total. The van der Waals surface area contributed by atoms with Crippen LogP contribution < -0.4 is 0 Å². The fourth-order valence-corrected chi connectivity index (χ4v) is 1.25. The maximum absolute atomic E-state index is 10.5. The van der Waals surface area contributed by atoms with Crippen molar-refractivity contribution in [1.82, 2.24) is 4.98 Å². The van der Waals surface area contributed by atoms with Gasteiger partial charge in [0, 0.05) is 24.9 Å². The van der Waals surface area contributed by atoms with Gasteiger partial charge in [-0.25, -0.2) is 0 Å². The normalized spacial score (nSPS) is 31.3. The highest BCUT2D eigenvalue weighted by molar-refractivity contribution is 5.19. The molecular formula is C8H8N2O3. The molecule has 2 rings (SSSR count). The Bertz CT molecular complexity index is 341. The summed E-state index contributed by atoms with van der Waals surface area (Å²) in [4.78, 5) is 14.0. The molecule has 0 aliphatic carbocycles. The van der Waals surface area contributed by atoms with Crippen molar-refractivity contribution < 1.29 is 9.66 Å². The lowest BCUT2D eigenvalue weighted by atomic mass is 10.1. The molecule has 2 unspecified atom stereocenters. The maximum Gasteiger partial charge on any atom is 0.353 e. The Morgan fingerprint density at radius 1 is 1.77 bits per heavy atom. The molecule has 0 bridgehead atoms. The first-order valence-corrected chi connectivity index (χ1v) is 3.87. The van der Waals surface area contributed by atoms with Gasteiger partial charge in [0.2, 0.25) is 0 Å². The quantitative estimate of drug-likeness (QED) is 0.389. The Kier molecular flexibility index (Phi) is 1.56. The number of hydrogen-bond acceptors (Lipinski definition) is 4. The molecule has 0 aromatic carbocycles. The van der Waals surface area contributed by atoms with E-state index in [9.17, 15) is 10.1 Å². The van der Waals surface area contributed by atoms with Crippen molar-refractivity contribution in [2.75, 3.05) is 0 Å². The number of nitro groups is 1. The van der Waals surface area contributed by atoms with E-state index in [1.165, 1.54) is 6.92 Å². The summed E-state index contributed by atoms with van der Waals surface area (Å²) in [6, 6.07) is 3.50. The van der Waals surface area contributed by atoms with Gasteiger partial charge < -0.3 is 0 Å². The molecule has 0 radical (unpaired) electrons. The van der Waals surface area contributed by atoms with E-state index in [4.69, 9.17) is 4.74 Å². The minimum Gasteiger partial charge on any atom is -0.294 e. The van der Waals surface area contributed by atoms with Crippen LogP contribution in [-0.4, -0.2) is 15.6 Å². The second-order valence-electron chi connectivity index (χ2n) is 3.10. The first-order valence-electron chi connectivity index (χ1n) is 3.87. The Hall–Kier alpha value is -1.49. The van der Waals surface area contributed by atoms with E-state index in [2.05, 4.69) is 4.98 Å². The van der Waals surface area contributed by atoms with Crippen LogP contribution in [0.15, 0.2) is 24.5 Å². The second kappa shape index (κ2) is 2.50. The van der Waals surface area contributed by atoms with Crippen LogP contribution in [-0.2, 0) is 4.74 Å². The van der Waals surface area contributed by atoms with E-state index in [1.54, 1.807) is 24.5 Å². The SMILES string of the molecule is CC1([N+](=O)[O-])OC1c1cccnc1. The Labute approximate surface area is 74.5 Å². The van der Waals surface area contributed by atoms with Crippen LogP contribution in [0.1, 0.15) is 18.6 Å². The van der Waals surface area contributed by atoms with Crippen LogP contribution in [0.25, 0.3) is 0 Å². The molecule has 0 amide bonds. The molecule has 1 aromatic rings. The highest BCUT2D eigenvalue weighted by atomic mass is 16.7. The van der Waals surface area contributed by atoms with Gasteiger partial charge >= 0.3 is 5.72 Å². The Balaban J connectivity index is 2.21. The Morgan fingerprint density at radius 2 is 2.54 bits per heavy atom. The third-order valence-electron chi connectivity index (χ3n) is 2.14. The van der Waals surface area contributed by atoms with E-state index in [0.717, 1.165) is 5.56 Å². The van der Waals surface area contributed by atoms with E-state index in [1.807, 2.05) is 0 Å². The van der Waals surface area contributed by atoms with E-state index < -0.39 is 16.8 Å². The van der Waals surface area contributed by atoms with Crippen molar-refractivity contribution in [3.63, 3.8) is 0 Å². The van der Waals surface area contributed by atoms with Crippen LogP contribution in [0.3, 0.4) is 0 Å². The van der Waals surface area contributed by atoms with Crippen molar-refractivity contribution in [1.29, 1.82) is 0 Å². The van der Waals surface area contributed by atoms with Crippen LogP contribution in [0, 0.1) is 10.1 Å². The lowest BCUT2D eigenvalue weighted by molar-refractivity contribution is -0.558. The third kappa shape index (κ3) is 1.17. The number of hydrogen-bond donors (Lipinski definition) is 0. The minimum absolute atomic E-state index is 0.412. The summed E-state index contributed by atoms with van der Waals surface area (Å²) < 4.78 is 5.01. The predicted molar refractivity (Wildman–Crippen MR) is 43.5 cm³/mol. The topological polar surface area (TPSA) is 68.6 Å². The lowest BCUT2D eigenvalue weighted by Crippen LogP contribution is -2.19. The van der Waals surface area contributed by atoms with E-state index >= 15 is 0 Å². The molecular weight excluding hydrogens is 172 g/mol. The van der Waals surface area contributed by atoms with Gasteiger partial charge in [-0.1, -0.05) is 6.07 Å². The van der Waals surface area contributed by atoms with Crippen molar-refractivity contribution in [3.05, 3.63) is 40.2 Å². The van der Waals surface area contributed by atoms with E-state index in [0.29, 0.717) is 0 Å². The number of epoxide rings is 1. The van der Waals surface area contributed by atoms with Crippen molar-refractivity contribution in [2.24, 2.45) is 0 Å². The Morgan fingerprint density at radius 3 is 3.00 bits per heavy atom. The maximum atomic E-state index is 10.5. The molecule has 1 saturated heterocycles. The highest BCUT2D eigenvalue weighted by Gasteiger charge is 2.65. The molecule has 1 aromatic heterocycles. The molecule has 1 fully saturated rings.